The number of nitrogens with zero attached hydrogens (tertiary/aromatic N) is 5. The van der Waals surface area contributed by atoms with Crippen LogP contribution < -0.4 is 14.4 Å². The number of anilines is 1. The average Bonchev–Trinajstić information content (AvgIpc) is 3.14. The average molecular weight is 462 g/mol. The first-order chi connectivity index (χ1) is 14.1. The lowest BCUT2D eigenvalue weighted by Gasteiger charge is -2.28. The van der Waals surface area contributed by atoms with Crippen molar-refractivity contribution < 1.29 is 14.2 Å². The van der Waals surface area contributed by atoms with Crippen molar-refractivity contribution in [1.29, 1.82) is 0 Å². The van der Waals surface area contributed by atoms with Crippen LogP contribution in [-0.4, -0.2) is 57.8 Å². The van der Waals surface area contributed by atoms with Gasteiger partial charge in [0.1, 0.15) is 17.2 Å². The molecule has 0 radical (unpaired) electrons. The molecule has 0 amide bonds. The van der Waals surface area contributed by atoms with Crippen LogP contribution in [0.25, 0.3) is 16.7 Å². The lowest BCUT2D eigenvalue weighted by atomic mass is 10.2. The van der Waals surface area contributed by atoms with Crippen LogP contribution in [0.15, 0.2) is 30.5 Å². The first-order valence-corrected chi connectivity index (χ1v) is 10.1. The van der Waals surface area contributed by atoms with E-state index in [1.165, 1.54) is 0 Å². The summed E-state index contributed by atoms with van der Waals surface area (Å²) in [5, 5.41) is 5.62. The number of benzene rings is 1. The second kappa shape index (κ2) is 8.07. The molecule has 0 N–H and O–H groups in total. The molecule has 8 nitrogen and oxygen atoms in total. The molecule has 2 bridgehead atoms. The predicted octanol–water partition coefficient (Wildman–Crippen LogP) is 2.96. The highest BCUT2D eigenvalue weighted by Gasteiger charge is 2.41. The Morgan fingerprint density at radius 2 is 1.94 bits per heavy atom. The van der Waals surface area contributed by atoms with Crippen LogP contribution in [0.1, 0.15) is 26.2 Å². The fourth-order valence-corrected chi connectivity index (χ4v) is 4.24. The van der Waals surface area contributed by atoms with Crippen molar-refractivity contribution in [2.45, 2.75) is 43.9 Å². The molecule has 166 valence electrons. The Morgan fingerprint density at radius 1 is 1.13 bits per heavy atom. The monoisotopic (exact) mass is 461 g/mol. The summed E-state index contributed by atoms with van der Waals surface area (Å²) in [6, 6.07) is 8.75. The van der Waals surface area contributed by atoms with Gasteiger partial charge in [-0.2, -0.15) is 42.1 Å². The van der Waals surface area contributed by atoms with Gasteiger partial charge < -0.3 is 19.1 Å². The molecule has 0 spiro atoms. The van der Waals surface area contributed by atoms with Gasteiger partial charge >= 0.3 is 6.01 Å². The number of fused-ring (bicyclic) bond motifs is 3. The van der Waals surface area contributed by atoms with Crippen molar-refractivity contribution in [3.05, 3.63) is 30.5 Å². The van der Waals surface area contributed by atoms with Crippen molar-refractivity contribution in [3.8, 4) is 17.6 Å². The first-order valence-electron chi connectivity index (χ1n) is 10.1. The third-order valence-corrected chi connectivity index (χ3v) is 6.13. The maximum Gasteiger partial charge on any atom is 0.320 e. The minimum absolute atomic E-state index is 0. The molecule has 2 aliphatic heterocycles. The molecule has 2 unspecified atom stereocenters. The maximum absolute atomic E-state index is 6.14. The first kappa shape index (κ1) is 22.0. The predicted molar refractivity (Wildman–Crippen MR) is 128 cm³/mol. The van der Waals surface area contributed by atoms with Crippen molar-refractivity contribution in [2.75, 3.05) is 25.2 Å². The minimum Gasteiger partial charge on any atom is -0.487 e. The van der Waals surface area contributed by atoms with Gasteiger partial charge in [0.2, 0.25) is 0 Å². The second-order valence-electron chi connectivity index (χ2n) is 8.40. The Balaban J connectivity index is 0.00000116. The topological polar surface area (TPSA) is 74.5 Å². The van der Waals surface area contributed by atoms with Gasteiger partial charge in [-0.15, -0.1) is 0 Å². The third kappa shape index (κ3) is 3.92. The van der Waals surface area contributed by atoms with Crippen LogP contribution >= 0.6 is 27.0 Å². The summed E-state index contributed by atoms with van der Waals surface area (Å²) in [5.41, 5.74) is 0.922. The molecule has 2 saturated heterocycles. The number of hydrogen-bond acceptors (Lipinski definition) is 7. The van der Waals surface area contributed by atoms with Crippen LogP contribution in [-0.2, 0) is 4.74 Å². The summed E-state index contributed by atoms with van der Waals surface area (Å²) in [4.78, 5) is 11.4. The molecule has 3 aromatic rings. The fourth-order valence-electron chi connectivity index (χ4n) is 4.24. The van der Waals surface area contributed by atoms with E-state index in [0.717, 1.165) is 54.9 Å². The maximum atomic E-state index is 6.14. The molecule has 3 fully saturated rings. The van der Waals surface area contributed by atoms with E-state index in [9.17, 15) is 0 Å². The van der Waals surface area contributed by atoms with Gasteiger partial charge in [-0.25, -0.2) is 4.68 Å². The summed E-state index contributed by atoms with van der Waals surface area (Å²) in [5.74, 6) is 2.39. The van der Waals surface area contributed by atoms with E-state index in [-0.39, 0.29) is 32.6 Å². The Hall–Kier alpha value is -2.17. The van der Waals surface area contributed by atoms with Crippen LogP contribution in [0.4, 0.5) is 5.82 Å². The van der Waals surface area contributed by atoms with Crippen molar-refractivity contribution in [2.24, 2.45) is 0 Å². The highest BCUT2D eigenvalue weighted by Crippen LogP contribution is 2.40. The lowest BCUT2D eigenvalue weighted by molar-refractivity contribution is 0.0988. The molecule has 31 heavy (non-hydrogen) atoms. The van der Waals surface area contributed by atoms with Gasteiger partial charge in [-0.05, 0) is 38.3 Å². The van der Waals surface area contributed by atoms with Gasteiger partial charge in [0, 0.05) is 24.1 Å². The van der Waals surface area contributed by atoms with E-state index in [1.807, 2.05) is 35.1 Å². The summed E-state index contributed by atoms with van der Waals surface area (Å²) in [6.07, 6.45) is 5.37. The molecule has 1 aromatic carbocycles. The van der Waals surface area contributed by atoms with Gasteiger partial charge in [0.05, 0.1) is 37.6 Å². The van der Waals surface area contributed by atoms with E-state index in [4.69, 9.17) is 14.2 Å². The summed E-state index contributed by atoms with van der Waals surface area (Å²) in [6.45, 7) is 3.74. The second-order valence-corrected chi connectivity index (χ2v) is 8.40. The Labute approximate surface area is 194 Å². The minimum atomic E-state index is -0.0268. The summed E-state index contributed by atoms with van der Waals surface area (Å²) < 4.78 is 19.1. The van der Waals surface area contributed by atoms with Gasteiger partial charge in [0.25, 0.3) is 0 Å². The quantitative estimate of drug-likeness (QED) is 0.578. The van der Waals surface area contributed by atoms with E-state index >= 15 is 0 Å². The van der Waals surface area contributed by atoms with E-state index in [1.54, 1.807) is 7.11 Å². The molecule has 10 heteroatoms. The van der Waals surface area contributed by atoms with Gasteiger partial charge in [0.15, 0.2) is 5.82 Å². The number of aromatic nitrogens is 4. The van der Waals surface area contributed by atoms with Crippen LogP contribution in [0.3, 0.4) is 0 Å². The van der Waals surface area contributed by atoms with Crippen LogP contribution in [0.5, 0.6) is 11.8 Å². The molecule has 3 aliphatic rings. The SMILES string of the molecule is COc1nc(N2CC3CC2CO3)cc(-n2ncc3ccc(OC4(C)CC4)cc32)n1.S.S. The number of ether oxygens (including phenoxy) is 3. The molecule has 2 atom stereocenters. The highest BCUT2D eigenvalue weighted by molar-refractivity contribution is 7.59. The molecule has 4 heterocycles. The van der Waals surface area contributed by atoms with Gasteiger partial charge in [-0.1, -0.05) is 0 Å². The molecule has 6 rings (SSSR count). The standard InChI is InChI=1S/C21H23N5O3.2H2S/c1-21(5-6-21)29-15-4-3-13-10-22-26(17(13)8-15)19-9-18(23-20(24-19)27-2)25-11-16-7-14(25)12-28-16;;/h3-4,8-10,14,16H,5-7,11-12H2,1-2H3;2*1H2. The largest absolute Gasteiger partial charge is 0.487 e. The van der Waals surface area contributed by atoms with E-state index < -0.39 is 0 Å². The fraction of sp³-hybridized carbons (Fsp3) is 0.476. The Bertz CT molecular complexity index is 1100. The number of hydrogen-bond donors (Lipinski definition) is 0. The number of rotatable bonds is 5. The zero-order valence-electron chi connectivity index (χ0n) is 17.5. The van der Waals surface area contributed by atoms with Crippen LogP contribution in [0.2, 0.25) is 0 Å². The van der Waals surface area contributed by atoms with Gasteiger partial charge in [-0.3, -0.25) is 0 Å². The Morgan fingerprint density at radius 3 is 2.61 bits per heavy atom. The zero-order chi connectivity index (χ0) is 19.6. The van der Waals surface area contributed by atoms with Crippen molar-refractivity contribution in [3.63, 3.8) is 0 Å². The number of methoxy groups -OCH3 is 1. The molecular formula is C21H27N5O3S2. The van der Waals surface area contributed by atoms with Crippen molar-refractivity contribution >= 4 is 43.7 Å². The normalized spacial score (nSPS) is 22.7. The molecule has 1 aliphatic carbocycles. The summed E-state index contributed by atoms with van der Waals surface area (Å²) in [7, 11) is 1.59. The van der Waals surface area contributed by atoms with E-state index in [2.05, 4.69) is 26.9 Å². The van der Waals surface area contributed by atoms with Crippen molar-refractivity contribution in [1.82, 2.24) is 19.7 Å². The van der Waals surface area contributed by atoms with Crippen LogP contribution in [0, 0.1) is 0 Å². The highest BCUT2D eigenvalue weighted by atomic mass is 32.1. The molecular weight excluding hydrogens is 434 g/mol. The lowest BCUT2D eigenvalue weighted by Crippen LogP contribution is -2.37. The number of morpholine rings is 1. The molecule has 1 saturated carbocycles. The van der Waals surface area contributed by atoms with E-state index in [0.29, 0.717) is 24.0 Å². The zero-order valence-corrected chi connectivity index (χ0v) is 19.5. The summed E-state index contributed by atoms with van der Waals surface area (Å²) >= 11 is 0. The molecule has 2 aromatic heterocycles. The smallest absolute Gasteiger partial charge is 0.320 e. The third-order valence-electron chi connectivity index (χ3n) is 6.13. The Kier molecular flexibility index (Phi) is 5.74.